The van der Waals surface area contributed by atoms with E-state index in [1.54, 1.807) is 0 Å². The van der Waals surface area contributed by atoms with Gasteiger partial charge in [-0.05, 0) is 6.08 Å². The van der Waals surface area contributed by atoms with Crippen molar-refractivity contribution in [2.75, 3.05) is 0 Å². The molecule has 0 fully saturated rings. The number of hydrogen-bond donors (Lipinski definition) is 2. The van der Waals surface area contributed by atoms with Crippen molar-refractivity contribution in [2.24, 2.45) is 0 Å². The second kappa shape index (κ2) is 3.01. The van der Waals surface area contributed by atoms with Gasteiger partial charge >= 0.3 is 5.97 Å². The molecule has 2 N–H and O–H groups in total. The van der Waals surface area contributed by atoms with Crippen LogP contribution in [-0.2, 0) is 9.59 Å². The number of carboxylic acids is 1. The molecule has 11 heavy (non-hydrogen) atoms. The summed E-state index contributed by atoms with van der Waals surface area (Å²) in [4.78, 5) is 21.1. The minimum atomic E-state index is -1.06. The van der Waals surface area contributed by atoms with Crippen LogP contribution in [0.4, 0.5) is 0 Å². The number of carbonyl (C=O) groups is 2. The lowest BCUT2D eigenvalue weighted by molar-refractivity contribution is -0.133. The van der Waals surface area contributed by atoms with E-state index >= 15 is 0 Å². The summed E-state index contributed by atoms with van der Waals surface area (Å²) in [6, 6.07) is 0. The third-order valence-corrected chi connectivity index (χ3v) is 1.26. The zero-order valence-electron chi connectivity index (χ0n) is 5.70. The minimum absolute atomic E-state index is 0.0428. The van der Waals surface area contributed by atoms with Gasteiger partial charge in [-0.3, -0.25) is 4.79 Å². The van der Waals surface area contributed by atoms with Crippen molar-refractivity contribution in [1.29, 1.82) is 0 Å². The van der Waals surface area contributed by atoms with Gasteiger partial charge in [0.05, 0.1) is 5.57 Å². The molecular weight excluding hydrogens is 146 g/mol. The van der Waals surface area contributed by atoms with Crippen molar-refractivity contribution in [2.45, 2.75) is 6.42 Å². The van der Waals surface area contributed by atoms with Gasteiger partial charge in [-0.2, -0.15) is 0 Å². The first-order valence-corrected chi connectivity index (χ1v) is 3.08. The lowest BCUT2D eigenvalue weighted by atomic mass is 10.1. The number of allylic oxidation sites excluding steroid dienone is 1. The number of carboxylic acid groups (broad SMARTS) is 1. The lowest BCUT2D eigenvalue weighted by Gasteiger charge is -1.94. The van der Waals surface area contributed by atoms with Crippen molar-refractivity contribution in [3.8, 4) is 0 Å². The summed E-state index contributed by atoms with van der Waals surface area (Å²) in [6.45, 7) is 0. The van der Waals surface area contributed by atoms with Crippen LogP contribution in [0.3, 0.4) is 0 Å². The highest BCUT2D eigenvalue weighted by molar-refractivity contribution is 5.99. The minimum Gasteiger partial charge on any atom is -0.478 e. The van der Waals surface area contributed by atoms with E-state index in [-0.39, 0.29) is 17.8 Å². The SMILES string of the molecule is O=C1C=CNC=C(C(=O)O)C1. The Balaban J connectivity index is 2.77. The van der Waals surface area contributed by atoms with Crippen LogP contribution in [0.1, 0.15) is 6.42 Å². The van der Waals surface area contributed by atoms with Gasteiger partial charge in [0.15, 0.2) is 5.78 Å². The molecule has 0 saturated heterocycles. The van der Waals surface area contributed by atoms with Crippen LogP contribution in [0, 0.1) is 0 Å². The van der Waals surface area contributed by atoms with Crippen molar-refractivity contribution in [1.82, 2.24) is 5.32 Å². The maximum atomic E-state index is 10.8. The molecule has 0 radical (unpaired) electrons. The second-order valence-electron chi connectivity index (χ2n) is 2.12. The molecule has 0 amide bonds. The first-order chi connectivity index (χ1) is 5.20. The number of nitrogens with one attached hydrogen (secondary N) is 1. The van der Waals surface area contributed by atoms with E-state index in [2.05, 4.69) is 5.32 Å². The molecule has 4 heteroatoms. The average molecular weight is 153 g/mol. The zero-order chi connectivity index (χ0) is 8.27. The van der Waals surface area contributed by atoms with Crippen molar-refractivity contribution < 1.29 is 14.7 Å². The zero-order valence-corrected chi connectivity index (χ0v) is 5.70. The monoisotopic (exact) mass is 153 g/mol. The van der Waals surface area contributed by atoms with Crippen LogP contribution < -0.4 is 5.32 Å². The van der Waals surface area contributed by atoms with E-state index in [1.807, 2.05) is 0 Å². The van der Waals surface area contributed by atoms with Crippen molar-refractivity contribution in [3.63, 3.8) is 0 Å². The van der Waals surface area contributed by atoms with Gasteiger partial charge in [0.25, 0.3) is 0 Å². The molecule has 0 aromatic carbocycles. The molecule has 1 aliphatic rings. The van der Waals surface area contributed by atoms with Crippen LogP contribution in [0.2, 0.25) is 0 Å². The Hall–Kier alpha value is -1.58. The molecular formula is C7H7NO3. The number of aliphatic carboxylic acids is 1. The molecule has 1 rings (SSSR count). The van der Waals surface area contributed by atoms with E-state index in [1.165, 1.54) is 18.5 Å². The van der Waals surface area contributed by atoms with E-state index < -0.39 is 5.97 Å². The summed E-state index contributed by atoms with van der Waals surface area (Å²) >= 11 is 0. The molecule has 0 aromatic heterocycles. The van der Waals surface area contributed by atoms with Crippen LogP contribution in [0.5, 0.6) is 0 Å². The molecule has 0 atom stereocenters. The van der Waals surface area contributed by atoms with E-state index in [9.17, 15) is 9.59 Å². The van der Waals surface area contributed by atoms with E-state index in [4.69, 9.17) is 5.11 Å². The normalized spacial score (nSPS) is 16.7. The first-order valence-electron chi connectivity index (χ1n) is 3.08. The summed E-state index contributed by atoms with van der Waals surface area (Å²) in [5.41, 5.74) is 0.0833. The third-order valence-electron chi connectivity index (χ3n) is 1.26. The maximum absolute atomic E-state index is 10.8. The molecule has 1 heterocycles. The fourth-order valence-electron chi connectivity index (χ4n) is 0.725. The summed E-state index contributed by atoms with van der Waals surface area (Å²) in [6.07, 6.45) is 3.99. The smallest absolute Gasteiger partial charge is 0.333 e. The molecule has 4 nitrogen and oxygen atoms in total. The quantitative estimate of drug-likeness (QED) is 0.557. The fourth-order valence-corrected chi connectivity index (χ4v) is 0.725. The number of carbonyl (C=O) groups excluding carboxylic acids is 1. The average Bonchev–Trinajstić information content (AvgIpc) is 2.13. The molecule has 0 saturated carbocycles. The highest BCUT2D eigenvalue weighted by Crippen LogP contribution is 2.04. The van der Waals surface area contributed by atoms with Crippen LogP contribution in [-0.4, -0.2) is 16.9 Å². The van der Waals surface area contributed by atoms with Crippen molar-refractivity contribution in [3.05, 3.63) is 24.0 Å². The number of hydrogen-bond acceptors (Lipinski definition) is 3. The Bertz CT molecular complexity index is 252. The second-order valence-corrected chi connectivity index (χ2v) is 2.12. The van der Waals surface area contributed by atoms with E-state index in [0.29, 0.717) is 0 Å². The Morgan fingerprint density at radius 1 is 1.64 bits per heavy atom. The maximum Gasteiger partial charge on any atom is 0.333 e. The highest BCUT2D eigenvalue weighted by atomic mass is 16.4. The van der Waals surface area contributed by atoms with Gasteiger partial charge in [-0.25, -0.2) is 4.79 Å². The molecule has 0 unspecified atom stereocenters. The Morgan fingerprint density at radius 3 is 3.00 bits per heavy atom. The molecule has 0 bridgehead atoms. The van der Waals surface area contributed by atoms with Crippen LogP contribution in [0.25, 0.3) is 0 Å². The number of ketones is 1. The van der Waals surface area contributed by atoms with Gasteiger partial charge in [0, 0.05) is 18.8 Å². The molecule has 1 aliphatic heterocycles. The van der Waals surface area contributed by atoms with E-state index in [0.717, 1.165) is 0 Å². The largest absolute Gasteiger partial charge is 0.478 e. The first kappa shape index (κ1) is 7.53. The molecule has 58 valence electrons. The summed E-state index contributed by atoms with van der Waals surface area (Å²) in [7, 11) is 0. The topological polar surface area (TPSA) is 66.4 Å². The third kappa shape index (κ3) is 1.93. The van der Waals surface area contributed by atoms with Gasteiger partial charge < -0.3 is 10.4 Å². The summed E-state index contributed by atoms with van der Waals surface area (Å²) in [5.74, 6) is -1.27. The molecule has 0 spiro atoms. The fraction of sp³-hybridized carbons (Fsp3) is 0.143. The molecule has 0 aromatic rings. The Morgan fingerprint density at radius 2 is 2.36 bits per heavy atom. The summed E-state index contributed by atoms with van der Waals surface area (Å²) in [5, 5.41) is 11.1. The van der Waals surface area contributed by atoms with Gasteiger partial charge in [0.2, 0.25) is 0 Å². The summed E-state index contributed by atoms with van der Waals surface area (Å²) < 4.78 is 0. The molecule has 0 aliphatic carbocycles. The number of rotatable bonds is 1. The predicted molar refractivity (Wildman–Crippen MR) is 37.6 cm³/mol. The Labute approximate surface area is 63.2 Å². The van der Waals surface area contributed by atoms with Crippen LogP contribution >= 0.6 is 0 Å². The van der Waals surface area contributed by atoms with Gasteiger partial charge in [-0.15, -0.1) is 0 Å². The Kier molecular flexibility index (Phi) is 2.06. The standard InChI is InChI=1S/C7H7NO3/c9-6-1-2-8-4-5(3-6)7(10)11/h1-2,4,8H,3H2,(H,10,11). The predicted octanol–water partition coefficient (Wildman–Crippen LogP) is 0.0310. The van der Waals surface area contributed by atoms with Crippen molar-refractivity contribution >= 4 is 11.8 Å². The lowest BCUT2D eigenvalue weighted by Crippen LogP contribution is -2.05. The van der Waals surface area contributed by atoms with Crippen LogP contribution in [0.15, 0.2) is 24.0 Å². The van der Waals surface area contributed by atoms with Gasteiger partial charge in [-0.1, -0.05) is 0 Å². The highest BCUT2D eigenvalue weighted by Gasteiger charge is 2.11. The van der Waals surface area contributed by atoms with Gasteiger partial charge in [0.1, 0.15) is 0 Å².